The van der Waals surface area contributed by atoms with Crippen molar-refractivity contribution in [2.45, 2.75) is 6.54 Å². The summed E-state index contributed by atoms with van der Waals surface area (Å²) in [6.45, 7) is 0.569. The molecular weight excluding hydrogens is 377 g/mol. The number of benzene rings is 2. The molecule has 0 fully saturated rings. The van der Waals surface area contributed by atoms with E-state index >= 15 is 0 Å². The Morgan fingerprint density at radius 3 is 2.57 bits per heavy atom. The van der Waals surface area contributed by atoms with Crippen LogP contribution in [0, 0.1) is 3.57 Å². The van der Waals surface area contributed by atoms with Crippen LogP contribution in [0.15, 0.2) is 59.4 Å². The minimum absolute atomic E-state index is 0.0147. The standard InChI is InChI=1S/C17H14INO2/c1-21-13-7-8-16-14(9-13)15(18)10-17(20)19(16)11-12-5-3-2-4-6-12/h2-10H,11H2,1H3. The number of nitrogens with zero attached hydrogens (tertiary/aromatic N) is 1. The molecule has 0 aliphatic rings. The van der Waals surface area contributed by atoms with Gasteiger partial charge in [0.15, 0.2) is 0 Å². The number of hydrogen-bond acceptors (Lipinski definition) is 2. The van der Waals surface area contributed by atoms with Crippen LogP contribution < -0.4 is 10.3 Å². The van der Waals surface area contributed by atoms with Crippen molar-refractivity contribution in [3.8, 4) is 5.75 Å². The fourth-order valence-corrected chi connectivity index (χ4v) is 3.08. The van der Waals surface area contributed by atoms with Gasteiger partial charge in [-0.25, -0.2) is 0 Å². The summed E-state index contributed by atoms with van der Waals surface area (Å²) in [5.41, 5.74) is 2.05. The number of ether oxygens (including phenoxy) is 1. The number of fused-ring (bicyclic) bond motifs is 1. The predicted molar refractivity (Wildman–Crippen MR) is 93.0 cm³/mol. The van der Waals surface area contributed by atoms with E-state index in [2.05, 4.69) is 22.6 Å². The van der Waals surface area contributed by atoms with Crippen LogP contribution in [-0.4, -0.2) is 11.7 Å². The molecule has 1 heterocycles. The predicted octanol–water partition coefficient (Wildman–Crippen LogP) is 3.66. The molecule has 0 bridgehead atoms. The topological polar surface area (TPSA) is 31.2 Å². The largest absolute Gasteiger partial charge is 0.497 e. The van der Waals surface area contributed by atoms with Crippen molar-refractivity contribution in [3.63, 3.8) is 0 Å². The van der Waals surface area contributed by atoms with Crippen LogP contribution >= 0.6 is 22.6 Å². The molecule has 3 nitrogen and oxygen atoms in total. The van der Waals surface area contributed by atoms with E-state index < -0.39 is 0 Å². The minimum Gasteiger partial charge on any atom is -0.497 e. The van der Waals surface area contributed by atoms with E-state index in [0.717, 1.165) is 25.8 Å². The molecule has 0 atom stereocenters. The maximum Gasteiger partial charge on any atom is 0.252 e. The second kappa shape index (κ2) is 5.89. The molecule has 1 aromatic heterocycles. The van der Waals surface area contributed by atoms with E-state index in [1.165, 1.54) is 0 Å². The van der Waals surface area contributed by atoms with Gasteiger partial charge in [0.05, 0.1) is 19.2 Å². The SMILES string of the molecule is COc1ccc2c(c1)c(I)cc(=O)n2Cc1ccccc1. The van der Waals surface area contributed by atoms with E-state index in [0.29, 0.717) is 6.54 Å². The van der Waals surface area contributed by atoms with Gasteiger partial charge in [0, 0.05) is 15.0 Å². The Morgan fingerprint density at radius 1 is 1.10 bits per heavy atom. The molecule has 2 aromatic carbocycles. The zero-order chi connectivity index (χ0) is 14.8. The number of pyridine rings is 1. The summed E-state index contributed by atoms with van der Waals surface area (Å²) in [4.78, 5) is 12.3. The average molecular weight is 391 g/mol. The Bertz CT molecular complexity index is 841. The first-order valence-corrected chi connectivity index (χ1v) is 7.68. The molecule has 0 aliphatic carbocycles. The third kappa shape index (κ3) is 2.81. The number of methoxy groups -OCH3 is 1. The number of aromatic nitrogens is 1. The van der Waals surface area contributed by atoms with Crippen LogP contribution in [-0.2, 0) is 6.54 Å². The highest BCUT2D eigenvalue weighted by Gasteiger charge is 2.09. The van der Waals surface area contributed by atoms with Gasteiger partial charge in [-0.05, 0) is 46.4 Å². The highest BCUT2D eigenvalue weighted by Crippen LogP contribution is 2.24. The number of hydrogen-bond donors (Lipinski definition) is 0. The van der Waals surface area contributed by atoms with Gasteiger partial charge in [-0.15, -0.1) is 0 Å². The third-order valence-electron chi connectivity index (χ3n) is 3.45. The molecule has 0 N–H and O–H groups in total. The molecular formula is C17H14INO2. The normalized spacial score (nSPS) is 10.8. The zero-order valence-electron chi connectivity index (χ0n) is 11.5. The lowest BCUT2D eigenvalue weighted by molar-refractivity contribution is 0.415. The monoisotopic (exact) mass is 391 g/mol. The maximum absolute atomic E-state index is 12.3. The molecule has 0 radical (unpaired) electrons. The fraction of sp³-hybridized carbons (Fsp3) is 0.118. The van der Waals surface area contributed by atoms with Gasteiger partial charge in [0.25, 0.3) is 5.56 Å². The Balaban J connectivity index is 2.20. The van der Waals surface area contributed by atoms with Crippen LogP contribution in [0.3, 0.4) is 0 Å². The van der Waals surface area contributed by atoms with E-state index in [-0.39, 0.29) is 5.56 Å². The van der Waals surface area contributed by atoms with Crippen molar-refractivity contribution in [2.24, 2.45) is 0 Å². The quantitative estimate of drug-likeness (QED) is 0.639. The van der Waals surface area contributed by atoms with Gasteiger partial charge in [-0.2, -0.15) is 0 Å². The second-order valence-electron chi connectivity index (χ2n) is 4.79. The summed E-state index contributed by atoms with van der Waals surface area (Å²) < 4.78 is 8.01. The van der Waals surface area contributed by atoms with E-state index in [4.69, 9.17) is 4.74 Å². The van der Waals surface area contributed by atoms with Crippen molar-refractivity contribution in [3.05, 3.63) is 74.1 Å². The molecule has 106 valence electrons. The van der Waals surface area contributed by atoms with Crippen molar-refractivity contribution in [1.82, 2.24) is 4.57 Å². The van der Waals surface area contributed by atoms with Crippen LogP contribution in [0.1, 0.15) is 5.56 Å². The molecule has 3 aromatic rings. The van der Waals surface area contributed by atoms with Crippen LogP contribution in [0.2, 0.25) is 0 Å². The number of halogens is 1. The first-order valence-electron chi connectivity index (χ1n) is 6.60. The molecule has 0 amide bonds. The summed E-state index contributed by atoms with van der Waals surface area (Å²) in [5, 5.41) is 1.03. The molecule has 3 rings (SSSR count). The Hall–Kier alpha value is -1.82. The van der Waals surface area contributed by atoms with E-state index in [1.54, 1.807) is 17.7 Å². The van der Waals surface area contributed by atoms with Gasteiger partial charge >= 0.3 is 0 Å². The average Bonchev–Trinajstić information content (AvgIpc) is 2.52. The fourth-order valence-electron chi connectivity index (χ4n) is 2.38. The lowest BCUT2D eigenvalue weighted by atomic mass is 10.1. The first-order chi connectivity index (χ1) is 10.2. The number of rotatable bonds is 3. The second-order valence-corrected chi connectivity index (χ2v) is 5.95. The molecule has 4 heteroatoms. The molecule has 0 saturated carbocycles. The lowest BCUT2D eigenvalue weighted by Crippen LogP contribution is -2.21. The molecule has 0 aliphatic heterocycles. The van der Waals surface area contributed by atoms with Gasteiger partial charge in [-0.3, -0.25) is 4.79 Å². The third-order valence-corrected chi connectivity index (χ3v) is 4.34. The first kappa shape index (κ1) is 14.1. The zero-order valence-corrected chi connectivity index (χ0v) is 13.7. The summed E-state index contributed by atoms with van der Waals surface area (Å²) in [7, 11) is 1.65. The highest BCUT2D eigenvalue weighted by molar-refractivity contribution is 14.1. The van der Waals surface area contributed by atoms with E-state index in [9.17, 15) is 4.79 Å². The summed E-state index contributed by atoms with van der Waals surface area (Å²) in [5.74, 6) is 0.797. The van der Waals surface area contributed by atoms with Crippen LogP contribution in [0.4, 0.5) is 0 Å². The van der Waals surface area contributed by atoms with Gasteiger partial charge < -0.3 is 9.30 Å². The van der Waals surface area contributed by atoms with Gasteiger partial charge in [0.1, 0.15) is 5.75 Å². The minimum atomic E-state index is 0.0147. The Kier molecular flexibility index (Phi) is 3.96. The smallest absolute Gasteiger partial charge is 0.252 e. The van der Waals surface area contributed by atoms with Crippen LogP contribution in [0.5, 0.6) is 5.75 Å². The lowest BCUT2D eigenvalue weighted by Gasteiger charge is -2.12. The van der Waals surface area contributed by atoms with Crippen molar-refractivity contribution < 1.29 is 4.74 Å². The van der Waals surface area contributed by atoms with Crippen molar-refractivity contribution >= 4 is 33.5 Å². The molecule has 0 saturated heterocycles. The van der Waals surface area contributed by atoms with Crippen LogP contribution in [0.25, 0.3) is 10.9 Å². The summed E-state index contributed by atoms with van der Waals surface area (Å²) >= 11 is 2.20. The summed E-state index contributed by atoms with van der Waals surface area (Å²) in [6.07, 6.45) is 0. The van der Waals surface area contributed by atoms with Crippen molar-refractivity contribution in [2.75, 3.05) is 7.11 Å². The van der Waals surface area contributed by atoms with E-state index in [1.807, 2.05) is 48.5 Å². The molecule has 21 heavy (non-hydrogen) atoms. The highest BCUT2D eigenvalue weighted by atomic mass is 127. The van der Waals surface area contributed by atoms with Gasteiger partial charge in [-0.1, -0.05) is 30.3 Å². The summed E-state index contributed by atoms with van der Waals surface area (Å²) in [6, 6.07) is 17.5. The van der Waals surface area contributed by atoms with Gasteiger partial charge in [0.2, 0.25) is 0 Å². The Morgan fingerprint density at radius 2 is 1.86 bits per heavy atom. The van der Waals surface area contributed by atoms with Crippen molar-refractivity contribution in [1.29, 1.82) is 0 Å². The Labute approximate surface area is 136 Å². The molecule has 0 spiro atoms. The maximum atomic E-state index is 12.3. The molecule has 0 unspecified atom stereocenters.